The molecule has 0 unspecified atom stereocenters. The predicted octanol–water partition coefficient (Wildman–Crippen LogP) is 5.79. The van der Waals surface area contributed by atoms with Crippen LogP contribution in [-0.2, 0) is 6.54 Å². The number of nitrogens with zero attached hydrogens (tertiary/aromatic N) is 4. The van der Waals surface area contributed by atoms with Crippen molar-refractivity contribution in [2.45, 2.75) is 38.6 Å². The molecule has 6 rings (SSSR count). The molecule has 0 radical (unpaired) electrons. The molecule has 5 aromatic rings. The van der Waals surface area contributed by atoms with Gasteiger partial charge in [-0.1, -0.05) is 48.4 Å². The second kappa shape index (κ2) is 10.6. The Morgan fingerprint density at radius 1 is 1.00 bits per heavy atom. The van der Waals surface area contributed by atoms with E-state index >= 15 is 0 Å². The highest BCUT2D eigenvalue weighted by Gasteiger charge is 2.27. The molecule has 0 aliphatic heterocycles. The van der Waals surface area contributed by atoms with Crippen molar-refractivity contribution in [3.05, 3.63) is 102 Å². The Balaban J connectivity index is 1.25. The fourth-order valence-electron chi connectivity index (χ4n) is 4.84. The van der Waals surface area contributed by atoms with Gasteiger partial charge in [0.2, 0.25) is 0 Å². The molecule has 0 atom stereocenters. The predicted molar refractivity (Wildman–Crippen MR) is 152 cm³/mol. The van der Waals surface area contributed by atoms with Crippen LogP contribution in [0.4, 0.5) is 10.5 Å². The zero-order valence-corrected chi connectivity index (χ0v) is 22.0. The van der Waals surface area contributed by atoms with Crippen LogP contribution in [0.15, 0.2) is 79.0 Å². The van der Waals surface area contributed by atoms with Crippen LogP contribution in [0, 0.1) is 6.92 Å². The number of anilines is 1. The zero-order valence-electron chi connectivity index (χ0n) is 22.0. The van der Waals surface area contributed by atoms with E-state index in [0.29, 0.717) is 34.5 Å². The molecule has 0 saturated heterocycles. The summed E-state index contributed by atoms with van der Waals surface area (Å²) in [4.78, 5) is 34.9. The molecule has 1 saturated carbocycles. The van der Waals surface area contributed by atoms with Crippen molar-refractivity contribution in [3.8, 4) is 17.0 Å². The number of fused-ring (bicyclic) bond motifs is 1. The van der Waals surface area contributed by atoms with Crippen molar-refractivity contribution < 1.29 is 14.7 Å². The first-order valence-electron chi connectivity index (χ1n) is 13.2. The fourth-order valence-corrected chi connectivity index (χ4v) is 4.84. The maximum atomic E-state index is 13.2. The van der Waals surface area contributed by atoms with Gasteiger partial charge in [0.05, 0.1) is 28.6 Å². The molecular formula is C31H28N6O3. The number of para-hydroxylation sites is 2. The molecule has 9 nitrogen and oxygen atoms in total. The second-order valence-electron chi connectivity index (χ2n) is 10.1. The highest BCUT2D eigenvalue weighted by molar-refractivity contribution is 6.04. The van der Waals surface area contributed by atoms with E-state index in [0.717, 1.165) is 36.1 Å². The summed E-state index contributed by atoms with van der Waals surface area (Å²) in [6, 6.07) is 21.6. The molecule has 40 heavy (non-hydrogen) atoms. The Morgan fingerprint density at radius 2 is 1.82 bits per heavy atom. The lowest BCUT2D eigenvalue weighted by Gasteiger charge is -2.25. The number of carbonyl (C=O) groups excluding carboxylic acids is 2. The third-order valence-corrected chi connectivity index (χ3v) is 7.19. The average Bonchev–Trinajstić information content (AvgIpc) is 3.36. The topological polar surface area (TPSA) is 122 Å². The number of amides is 2. The molecule has 0 spiro atoms. The standard InChI is InChI=1S/C31H28N6O3/c1-19-6-4-7-20(14-19)17-33-31(40)37-28(21-8-5-9-21)16-26(36-37)23-15-22(12-13-29(23)38)34-30(39)27-18-32-24-10-2-3-11-25(24)35-27/h2-4,6-7,10-16,18,21,38H,5,8-9,17H2,1H3,(H,33,40)(H,34,39). The minimum absolute atomic E-state index is 0.00604. The highest BCUT2D eigenvalue weighted by Crippen LogP contribution is 2.39. The zero-order chi connectivity index (χ0) is 27.6. The van der Waals surface area contributed by atoms with Crippen molar-refractivity contribution in [1.29, 1.82) is 0 Å². The van der Waals surface area contributed by atoms with Crippen LogP contribution >= 0.6 is 0 Å². The number of nitrogens with one attached hydrogen (secondary N) is 2. The first kappa shape index (κ1) is 25.2. The summed E-state index contributed by atoms with van der Waals surface area (Å²) >= 11 is 0. The Hall–Kier alpha value is -5.05. The Bertz CT molecular complexity index is 1740. The van der Waals surface area contributed by atoms with Crippen molar-refractivity contribution in [2.75, 3.05) is 5.32 Å². The van der Waals surface area contributed by atoms with Crippen molar-refractivity contribution in [1.82, 2.24) is 25.1 Å². The van der Waals surface area contributed by atoms with Crippen molar-refractivity contribution in [3.63, 3.8) is 0 Å². The number of aromatic hydroxyl groups is 1. The van der Waals surface area contributed by atoms with Crippen LogP contribution in [0.25, 0.3) is 22.3 Å². The highest BCUT2D eigenvalue weighted by atomic mass is 16.3. The molecule has 2 amide bonds. The number of phenols is 1. The Labute approximate surface area is 230 Å². The van der Waals surface area contributed by atoms with Crippen LogP contribution in [0.3, 0.4) is 0 Å². The van der Waals surface area contributed by atoms with Crippen LogP contribution in [0.2, 0.25) is 0 Å². The van der Waals surface area contributed by atoms with Crippen LogP contribution in [0.5, 0.6) is 5.75 Å². The molecule has 1 aliphatic rings. The number of aromatic nitrogens is 4. The summed E-state index contributed by atoms with van der Waals surface area (Å²) in [7, 11) is 0. The van der Waals surface area contributed by atoms with E-state index in [2.05, 4.69) is 25.7 Å². The smallest absolute Gasteiger partial charge is 0.342 e. The van der Waals surface area contributed by atoms with Crippen molar-refractivity contribution in [2.24, 2.45) is 0 Å². The summed E-state index contributed by atoms with van der Waals surface area (Å²) in [6.07, 6.45) is 4.48. The number of rotatable bonds is 6. The second-order valence-corrected chi connectivity index (χ2v) is 10.1. The number of aryl methyl sites for hydroxylation is 1. The van der Waals surface area contributed by atoms with Crippen LogP contribution in [-0.4, -0.2) is 36.8 Å². The van der Waals surface area contributed by atoms with Gasteiger partial charge in [0.1, 0.15) is 11.4 Å². The summed E-state index contributed by atoms with van der Waals surface area (Å²) < 4.78 is 1.41. The molecule has 3 N–H and O–H groups in total. The number of benzene rings is 3. The van der Waals surface area contributed by atoms with E-state index in [4.69, 9.17) is 0 Å². The van der Waals surface area contributed by atoms with Crippen LogP contribution in [0.1, 0.15) is 52.5 Å². The van der Waals surface area contributed by atoms with Gasteiger partial charge in [-0.15, -0.1) is 0 Å². The normalized spacial score (nSPS) is 13.1. The van der Waals surface area contributed by atoms with Gasteiger partial charge in [0.15, 0.2) is 0 Å². The summed E-state index contributed by atoms with van der Waals surface area (Å²) in [5.41, 5.74) is 5.75. The van der Waals surface area contributed by atoms with E-state index < -0.39 is 5.91 Å². The quantitative estimate of drug-likeness (QED) is 0.238. The van der Waals surface area contributed by atoms with E-state index in [-0.39, 0.29) is 23.4 Å². The van der Waals surface area contributed by atoms with Gasteiger partial charge < -0.3 is 15.7 Å². The maximum absolute atomic E-state index is 13.2. The first-order chi connectivity index (χ1) is 19.4. The number of hydrogen-bond acceptors (Lipinski definition) is 6. The lowest BCUT2D eigenvalue weighted by atomic mass is 9.82. The summed E-state index contributed by atoms with van der Waals surface area (Å²) in [5, 5.41) is 21.1. The van der Waals surface area contributed by atoms with Gasteiger partial charge >= 0.3 is 6.03 Å². The lowest BCUT2D eigenvalue weighted by molar-refractivity contribution is 0.102. The minimum atomic E-state index is -0.425. The number of hydrogen-bond donors (Lipinski definition) is 3. The SMILES string of the molecule is Cc1cccc(CNC(=O)n2nc(-c3cc(NC(=O)c4cnc5ccccc5n4)ccc3O)cc2C2CCC2)c1. The molecule has 1 aliphatic carbocycles. The average molecular weight is 533 g/mol. The largest absolute Gasteiger partial charge is 0.507 e. The third kappa shape index (κ3) is 5.13. The van der Waals surface area contributed by atoms with Gasteiger partial charge in [-0.3, -0.25) is 9.78 Å². The maximum Gasteiger partial charge on any atom is 0.342 e. The van der Waals surface area contributed by atoms with Gasteiger partial charge in [-0.05, 0) is 61.7 Å². The van der Waals surface area contributed by atoms with Gasteiger partial charge in [-0.2, -0.15) is 9.78 Å². The third-order valence-electron chi connectivity index (χ3n) is 7.19. The Kier molecular flexibility index (Phi) is 6.69. The van der Waals surface area contributed by atoms with Gasteiger partial charge in [0.25, 0.3) is 5.91 Å². The molecule has 9 heteroatoms. The molecule has 1 fully saturated rings. The summed E-state index contributed by atoms with van der Waals surface area (Å²) in [5.74, 6) is -0.206. The fraction of sp³-hybridized carbons (Fsp3) is 0.194. The molecule has 2 heterocycles. The molecule has 0 bridgehead atoms. The van der Waals surface area contributed by atoms with E-state index in [9.17, 15) is 14.7 Å². The van der Waals surface area contributed by atoms with Gasteiger partial charge in [0, 0.05) is 23.7 Å². The van der Waals surface area contributed by atoms with Crippen molar-refractivity contribution >= 4 is 28.7 Å². The van der Waals surface area contributed by atoms with E-state index in [1.54, 1.807) is 18.2 Å². The molecule has 2 aromatic heterocycles. The van der Waals surface area contributed by atoms with Gasteiger partial charge in [-0.25, -0.2) is 9.78 Å². The summed E-state index contributed by atoms with van der Waals surface area (Å²) in [6.45, 7) is 2.39. The van der Waals surface area contributed by atoms with Crippen LogP contribution < -0.4 is 10.6 Å². The van der Waals surface area contributed by atoms with E-state index in [1.807, 2.05) is 55.5 Å². The minimum Gasteiger partial charge on any atom is -0.507 e. The molecule has 3 aromatic carbocycles. The molecule has 200 valence electrons. The first-order valence-corrected chi connectivity index (χ1v) is 13.2. The van der Waals surface area contributed by atoms with E-state index in [1.165, 1.54) is 16.9 Å². The Morgan fingerprint density at radius 3 is 2.60 bits per heavy atom. The lowest BCUT2D eigenvalue weighted by Crippen LogP contribution is -2.31. The number of phenolic OH excluding ortho intramolecular Hbond substituents is 1. The monoisotopic (exact) mass is 532 g/mol. The number of carbonyl (C=O) groups is 2. The molecular weight excluding hydrogens is 504 g/mol.